The van der Waals surface area contributed by atoms with Crippen LogP contribution in [0.5, 0.6) is 17.2 Å². The van der Waals surface area contributed by atoms with Gasteiger partial charge in [-0.2, -0.15) is 15.8 Å². The number of hydrogen-bond donors (Lipinski definition) is 1. The van der Waals surface area contributed by atoms with Crippen molar-refractivity contribution < 1.29 is 14.2 Å². The molecule has 3 unspecified atom stereocenters. The fourth-order valence-electron chi connectivity index (χ4n) is 5.24. The standard InChI is InChI=1S/C26H30N4O3/c1-25(2,3)15-7-8-16-17(9-15)23(26(13-28,14-29)24(30)19(16)12-27)18-10-21(32-5)22(33-6)11-20(18)31-4/h8,10-11,15,17,23H,7,9,30H2,1-6H3. The molecule has 0 radical (unpaired) electrons. The van der Waals surface area contributed by atoms with Gasteiger partial charge in [0.1, 0.15) is 11.8 Å². The van der Waals surface area contributed by atoms with Crippen LogP contribution in [0.3, 0.4) is 0 Å². The Labute approximate surface area is 195 Å². The molecule has 0 heterocycles. The summed E-state index contributed by atoms with van der Waals surface area (Å²) in [4.78, 5) is 0. The summed E-state index contributed by atoms with van der Waals surface area (Å²) in [5, 5.41) is 30.7. The molecule has 7 nitrogen and oxygen atoms in total. The maximum atomic E-state index is 10.4. The van der Waals surface area contributed by atoms with Crippen molar-refractivity contribution in [3.63, 3.8) is 0 Å². The lowest BCUT2D eigenvalue weighted by Crippen LogP contribution is -2.44. The molecule has 0 bridgehead atoms. The van der Waals surface area contributed by atoms with E-state index in [1.54, 1.807) is 12.1 Å². The van der Waals surface area contributed by atoms with Gasteiger partial charge in [0.25, 0.3) is 0 Å². The summed E-state index contributed by atoms with van der Waals surface area (Å²) < 4.78 is 16.6. The van der Waals surface area contributed by atoms with Gasteiger partial charge in [-0.3, -0.25) is 0 Å². The van der Waals surface area contributed by atoms with Crippen LogP contribution in [0.25, 0.3) is 0 Å². The Morgan fingerprint density at radius 1 is 0.970 bits per heavy atom. The number of nitrogens with two attached hydrogens (primary N) is 1. The maximum absolute atomic E-state index is 10.4. The summed E-state index contributed by atoms with van der Waals surface area (Å²) in [6.07, 6.45) is 3.57. The quantitative estimate of drug-likeness (QED) is 0.717. The number of rotatable bonds is 4. The van der Waals surface area contributed by atoms with Crippen LogP contribution < -0.4 is 19.9 Å². The van der Waals surface area contributed by atoms with E-state index in [-0.39, 0.29) is 22.6 Å². The number of hydrogen-bond acceptors (Lipinski definition) is 7. The molecule has 33 heavy (non-hydrogen) atoms. The van der Waals surface area contributed by atoms with Gasteiger partial charge in [-0.1, -0.05) is 26.8 Å². The van der Waals surface area contributed by atoms with Gasteiger partial charge in [0, 0.05) is 17.5 Å². The average Bonchev–Trinajstić information content (AvgIpc) is 2.81. The molecule has 2 N–H and O–H groups in total. The highest BCUT2D eigenvalue weighted by Crippen LogP contribution is 2.59. The van der Waals surface area contributed by atoms with E-state index in [1.165, 1.54) is 21.3 Å². The highest BCUT2D eigenvalue weighted by molar-refractivity contribution is 5.62. The number of fused-ring (bicyclic) bond motifs is 1. The minimum absolute atomic E-state index is 0.00598. The van der Waals surface area contributed by atoms with Crippen molar-refractivity contribution in [2.45, 2.75) is 39.5 Å². The second kappa shape index (κ2) is 8.72. The summed E-state index contributed by atoms with van der Waals surface area (Å²) in [6, 6.07) is 10.0. The van der Waals surface area contributed by atoms with E-state index in [0.29, 0.717) is 35.2 Å². The van der Waals surface area contributed by atoms with Gasteiger partial charge in [-0.25, -0.2) is 0 Å². The Hall–Kier alpha value is -3.63. The maximum Gasteiger partial charge on any atom is 0.191 e. The van der Waals surface area contributed by atoms with E-state index in [1.807, 2.05) is 0 Å². The van der Waals surface area contributed by atoms with Gasteiger partial charge in [0.15, 0.2) is 16.9 Å². The topological polar surface area (TPSA) is 125 Å². The van der Waals surface area contributed by atoms with Crippen LogP contribution in [-0.2, 0) is 0 Å². The second-order valence-corrected chi connectivity index (χ2v) is 9.66. The Kier molecular flexibility index (Phi) is 6.35. The first-order valence-corrected chi connectivity index (χ1v) is 10.9. The number of nitrogens with zero attached hydrogens (tertiary/aromatic N) is 3. The molecule has 0 amide bonds. The van der Waals surface area contributed by atoms with Gasteiger partial charge in [0.2, 0.25) is 0 Å². The third-order valence-corrected chi connectivity index (χ3v) is 7.17. The average molecular weight is 447 g/mol. The van der Waals surface area contributed by atoms with E-state index in [4.69, 9.17) is 19.9 Å². The number of allylic oxidation sites excluding steroid dienone is 4. The van der Waals surface area contributed by atoms with E-state index in [0.717, 1.165) is 12.0 Å². The number of benzene rings is 1. The van der Waals surface area contributed by atoms with Crippen LogP contribution in [0, 0.1) is 56.7 Å². The lowest BCUT2D eigenvalue weighted by Gasteiger charge is -2.47. The van der Waals surface area contributed by atoms with Gasteiger partial charge in [-0.15, -0.1) is 0 Å². The summed E-state index contributed by atoms with van der Waals surface area (Å²) >= 11 is 0. The second-order valence-electron chi connectivity index (χ2n) is 9.66. The van der Waals surface area contributed by atoms with Crippen molar-refractivity contribution >= 4 is 0 Å². The lowest BCUT2D eigenvalue weighted by molar-refractivity contribution is 0.169. The van der Waals surface area contributed by atoms with Crippen molar-refractivity contribution in [1.29, 1.82) is 15.8 Å². The lowest BCUT2D eigenvalue weighted by atomic mass is 9.54. The van der Waals surface area contributed by atoms with Crippen molar-refractivity contribution in [1.82, 2.24) is 0 Å². The molecule has 0 saturated heterocycles. The summed E-state index contributed by atoms with van der Waals surface area (Å²) in [5.41, 5.74) is 6.38. The highest BCUT2D eigenvalue weighted by Gasteiger charge is 2.56. The first-order valence-electron chi connectivity index (χ1n) is 10.9. The number of nitriles is 3. The fourth-order valence-corrected chi connectivity index (χ4v) is 5.24. The van der Waals surface area contributed by atoms with Crippen molar-refractivity contribution in [3.05, 3.63) is 40.6 Å². The zero-order valence-corrected chi connectivity index (χ0v) is 20.0. The van der Waals surface area contributed by atoms with Crippen LogP contribution in [0.2, 0.25) is 0 Å². The zero-order valence-electron chi connectivity index (χ0n) is 20.0. The molecule has 2 aliphatic rings. The van der Waals surface area contributed by atoms with Crippen LogP contribution >= 0.6 is 0 Å². The molecule has 7 heteroatoms. The first kappa shape index (κ1) is 24.0. The van der Waals surface area contributed by atoms with E-state index < -0.39 is 11.3 Å². The monoisotopic (exact) mass is 446 g/mol. The van der Waals surface area contributed by atoms with Crippen molar-refractivity contribution in [3.8, 4) is 35.5 Å². The normalized spacial score (nSPS) is 23.8. The molecule has 3 rings (SSSR count). The van der Waals surface area contributed by atoms with Crippen LogP contribution in [0.4, 0.5) is 0 Å². The molecule has 1 aromatic rings. The summed E-state index contributed by atoms with van der Waals surface area (Å²) in [6.45, 7) is 6.55. The van der Waals surface area contributed by atoms with E-state index in [9.17, 15) is 15.8 Å². The van der Waals surface area contributed by atoms with E-state index >= 15 is 0 Å². The molecule has 3 atom stereocenters. The predicted octanol–water partition coefficient (Wildman–Crippen LogP) is 4.58. The number of methoxy groups -OCH3 is 3. The molecular formula is C26H30N4O3. The molecule has 0 fully saturated rings. The van der Waals surface area contributed by atoms with Gasteiger partial charge >= 0.3 is 0 Å². The Balaban J connectivity index is 2.39. The molecular weight excluding hydrogens is 416 g/mol. The molecule has 0 saturated carbocycles. The Morgan fingerprint density at radius 2 is 1.55 bits per heavy atom. The predicted molar refractivity (Wildman–Crippen MR) is 123 cm³/mol. The Bertz CT molecular complexity index is 1120. The Morgan fingerprint density at radius 3 is 2.03 bits per heavy atom. The molecule has 0 spiro atoms. The first-order chi connectivity index (χ1) is 15.6. The molecule has 1 aromatic carbocycles. The number of ether oxygens (including phenoxy) is 3. The highest BCUT2D eigenvalue weighted by atomic mass is 16.5. The van der Waals surface area contributed by atoms with Crippen LogP contribution in [0.15, 0.2) is 35.1 Å². The van der Waals surface area contributed by atoms with Crippen LogP contribution in [0.1, 0.15) is 45.1 Å². The third kappa shape index (κ3) is 3.66. The molecule has 172 valence electrons. The summed E-state index contributed by atoms with van der Waals surface area (Å²) in [5.74, 6) is 0.779. The van der Waals surface area contributed by atoms with Gasteiger partial charge in [0.05, 0.1) is 44.7 Å². The smallest absolute Gasteiger partial charge is 0.191 e. The zero-order chi connectivity index (χ0) is 24.6. The van der Waals surface area contributed by atoms with E-state index in [2.05, 4.69) is 45.1 Å². The van der Waals surface area contributed by atoms with Gasteiger partial charge < -0.3 is 19.9 Å². The van der Waals surface area contributed by atoms with Crippen LogP contribution in [-0.4, -0.2) is 21.3 Å². The minimum Gasteiger partial charge on any atom is -0.496 e. The SMILES string of the molecule is COc1cc(OC)c(C2C3CC(C(C)(C)C)CC=C3C(C#N)=C(N)C2(C#N)C#N)cc1OC. The molecule has 2 aliphatic carbocycles. The summed E-state index contributed by atoms with van der Waals surface area (Å²) in [7, 11) is 4.59. The molecule has 0 aliphatic heterocycles. The largest absolute Gasteiger partial charge is 0.496 e. The van der Waals surface area contributed by atoms with Crippen molar-refractivity contribution in [2.24, 2.45) is 28.4 Å². The fraction of sp³-hybridized carbons (Fsp3) is 0.500. The molecule has 0 aromatic heterocycles. The van der Waals surface area contributed by atoms with Gasteiger partial charge in [-0.05, 0) is 41.7 Å². The minimum atomic E-state index is -1.74. The van der Waals surface area contributed by atoms with Crippen molar-refractivity contribution in [2.75, 3.05) is 21.3 Å². The third-order valence-electron chi connectivity index (χ3n) is 7.17.